The molecule has 2 aromatic rings. The average molecular weight is 212 g/mol. The van der Waals surface area contributed by atoms with Crippen molar-refractivity contribution in [3.8, 4) is 17.4 Å². The predicted molar refractivity (Wildman–Crippen MR) is 62.7 cm³/mol. The summed E-state index contributed by atoms with van der Waals surface area (Å²) in [5, 5.41) is 9.12. The number of aryl methyl sites for hydroxylation is 2. The smallest absolute Gasteiger partial charge is 0.135 e. The van der Waals surface area contributed by atoms with Crippen molar-refractivity contribution < 1.29 is 4.42 Å². The van der Waals surface area contributed by atoms with Gasteiger partial charge in [0.15, 0.2) is 0 Å². The fraction of sp³-hybridized carbons (Fsp3) is 0.154. The van der Waals surface area contributed by atoms with Gasteiger partial charge in [0.2, 0.25) is 0 Å². The van der Waals surface area contributed by atoms with Crippen LogP contribution in [0.4, 0.5) is 5.69 Å². The lowest BCUT2D eigenvalue weighted by Crippen LogP contribution is -1.96. The van der Waals surface area contributed by atoms with E-state index in [1.807, 2.05) is 38.1 Å². The van der Waals surface area contributed by atoms with Gasteiger partial charge in [0.25, 0.3) is 0 Å². The predicted octanol–water partition coefficient (Wildman–Crippen LogP) is 3.02. The van der Waals surface area contributed by atoms with Crippen LogP contribution in [0.1, 0.15) is 16.9 Å². The van der Waals surface area contributed by atoms with Gasteiger partial charge in [-0.25, -0.2) is 0 Å². The van der Waals surface area contributed by atoms with Gasteiger partial charge in [-0.3, -0.25) is 0 Å². The van der Waals surface area contributed by atoms with Crippen molar-refractivity contribution in [2.24, 2.45) is 0 Å². The lowest BCUT2D eigenvalue weighted by Gasteiger charge is -2.06. The standard InChI is InChI=1S/C13H12N2O/c1-8-3-5-10(11(7-14)13(8)15)12-6-4-9(2)16-12/h3-6H,15H2,1-2H3. The second kappa shape index (κ2) is 3.74. The summed E-state index contributed by atoms with van der Waals surface area (Å²) in [5.74, 6) is 1.50. The van der Waals surface area contributed by atoms with Crippen LogP contribution in [0.3, 0.4) is 0 Å². The molecule has 0 aliphatic carbocycles. The van der Waals surface area contributed by atoms with Crippen molar-refractivity contribution in [2.45, 2.75) is 13.8 Å². The number of nitrogens with zero attached hydrogens (tertiary/aromatic N) is 1. The molecule has 2 N–H and O–H groups in total. The minimum atomic E-state index is 0.481. The molecule has 0 aliphatic heterocycles. The minimum absolute atomic E-state index is 0.481. The number of nitriles is 1. The molecular formula is C13H12N2O. The number of anilines is 1. The van der Waals surface area contributed by atoms with Gasteiger partial charge in [-0.05, 0) is 37.6 Å². The second-order valence-corrected chi connectivity index (χ2v) is 3.74. The third kappa shape index (κ3) is 1.55. The van der Waals surface area contributed by atoms with Crippen molar-refractivity contribution in [1.29, 1.82) is 5.26 Å². The van der Waals surface area contributed by atoms with Crippen LogP contribution in [0.15, 0.2) is 28.7 Å². The molecule has 1 aromatic carbocycles. The first-order valence-electron chi connectivity index (χ1n) is 4.99. The third-order valence-electron chi connectivity index (χ3n) is 2.58. The van der Waals surface area contributed by atoms with E-state index < -0.39 is 0 Å². The maximum atomic E-state index is 9.12. The van der Waals surface area contributed by atoms with Crippen LogP contribution in [0.5, 0.6) is 0 Å². The molecule has 0 aliphatic rings. The van der Waals surface area contributed by atoms with Gasteiger partial charge < -0.3 is 10.2 Å². The zero-order valence-corrected chi connectivity index (χ0v) is 9.24. The molecule has 0 amide bonds. The largest absolute Gasteiger partial charge is 0.461 e. The van der Waals surface area contributed by atoms with E-state index >= 15 is 0 Å². The highest BCUT2D eigenvalue weighted by atomic mass is 16.3. The Bertz CT molecular complexity index is 576. The molecular weight excluding hydrogens is 200 g/mol. The molecule has 0 fully saturated rings. The monoisotopic (exact) mass is 212 g/mol. The number of nitrogens with two attached hydrogens (primary N) is 1. The summed E-state index contributed by atoms with van der Waals surface area (Å²) in [7, 11) is 0. The zero-order valence-electron chi connectivity index (χ0n) is 9.24. The Kier molecular flexibility index (Phi) is 2.41. The molecule has 3 heteroatoms. The number of rotatable bonds is 1. The summed E-state index contributed by atoms with van der Waals surface area (Å²) in [6.45, 7) is 3.75. The molecule has 0 saturated heterocycles. The normalized spacial score (nSPS) is 10.1. The quantitative estimate of drug-likeness (QED) is 0.739. The van der Waals surface area contributed by atoms with Crippen LogP contribution in [0.25, 0.3) is 11.3 Å². The van der Waals surface area contributed by atoms with E-state index in [1.165, 1.54) is 0 Å². The molecule has 0 spiro atoms. The topological polar surface area (TPSA) is 63.0 Å². The fourth-order valence-corrected chi connectivity index (χ4v) is 1.63. The summed E-state index contributed by atoms with van der Waals surface area (Å²) in [4.78, 5) is 0. The van der Waals surface area contributed by atoms with E-state index in [0.29, 0.717) is 17.0 Å². The summed E-state index contributed by atoms with van der Waals surface area (Å²) in [5.41, 5.74) is 8.53. The van der Waals surface area contributed by atoms with Gasteiger partial charge in [-0.1, -0.05) is 6.07 Å². The average Bonchev–Trinajstić information content (AvgIpc) is 2.68. The molecule has 0 bridgehead atoms. The minimum Gasteiger partial charge on any atom is -0.461 e. The molecule has 0 radical (unpaired) electrons. The van der Waals surface area contributed by atoms with Gasteiger partial charge >= 0.3 is 0 Å². The number of hydrogen-bond donors (Lipinski definition) is 1. The summed E-state index contributed by atoms with van der Waals surface area (Å²) in [6, 6.07) is 9.60. The number of nitrogen functional groups attached to an aromatic ring is 1. The first-order valence-corrected chi connectivity index (χ1v) is 4.99. The van der Waals surface area contributed by atoms with E-state index in [4.69, 9.17) is 15.4 Å². The maximum absolute atomic E-state index is 9.12. The van der Waals surface area contributed by atoms with Crippen molar-refractivity contribution in [3.05, 3.63) is 41.2 Å². The Hall–Kier alpha value is -2.21. The summed E-state index contributed by atoms with van der Waals surface area (Å²) < 4.78 is 5.50. The zero-order chi connectivity index (χ0) is 11.7. The number of furan rings is 1. The van der Waals surface area contributed by atoms with Gasteiger partial charge in [-0.15, -0.1) is 0 Å². The van der Waals surface area contributed by atoms with Gasteiger partial charge in [0.05, 0.1) is 11.3 Å². The van der Waals surface area contributed by atoms with Crippen molar-refractivity contribution >= 4 is 5.69 Å². The molecule has 1 heterocycles. The third-order valence-corrected chi connectivity index (χ3v) is 2.58. The molecule has 80 valence electrons. The maximum Gasteiger partial charge on any atom is 0.135 e. The van der Waals surface area contributed by atoms with E-state index in [1.54, 1.807) is 0 Å². The van der Waals surface area contributed by atoms with Crippen LogP contribution in [-0.2, 0) is 0 Å². The van der Waals surface area contributed by atoms with Gasteiger partial charge in [0, 0.05) is 5.56 Å². The van der Waals surface area contributed by atoms with E-state index in [-0.39, 0.29) is 0 Å². The molecule has 0 atom stereocenters. The highest BCUT2D eigenvalue weighted by Crippen LogP contribution is 2.30. The highest BCUT2D eigenvalue weighted by molar-refractivity contribution is 5.76. The van der Waals surface area contributed by atoms with Gasteiger partial charge in [0.1, 0.15) is 17.6 Å². The van der Waals surface area contributed by atoms with Crippen molar-refractivity contribution in [2.75, 3.05) is 5.73 Å². The first-order chi connectivity index (χ1) is 7.63. The van der Waals surface area contributed by atoms with Crippen LogP contribution < -0.4 is 5.73 Å². The molecule has 2 rings (SSSR count). The fourth-order valence-electron chi connectivity index (χ4n) is 1.63. The van der Waals surface area contributed by atoms with Crippen LogP contribution in [0.2, 0.25) is 0 Å². The molecule has 3 nitrogen and oxygen atoms in total. The number of hydrogen-bond acceptors (Lipinski definition) is 3. The lowest BCUT2D eigenvalue weighted by atomic mass is 10.0. The van der Waals surface area contributed by atoms with Crippen LogP contribution >= 0.6 is 0 Å². The van der Waals surface area contributed by atoms with Crippen molar-refractivity contribution in [1.82, 2.24) is 0 Å². The lowest BCUT2D eigenvalue weighted by molar-refractivity contribution is 0.548. The highest BCUT2D eigenvalue weighted by Gasteiger charge is 2.12. The Balaban J connectivity index is 2.67. The Morgan fingerprint density at radius 3 is 2.50 bits per heavy atom. The molecule has 0 unspecified atom stereocenters. The Morgan fingerprint density at radius 2 is 1.94 bits per heavy atom. The second-order valence-electron chi connectivity index (χ2n) is 3.74. The Labute approximate surface area is 94.1 Å². The van der Waals surface area contributed by atoms with Crippen molar-refractivity contribution in [3.63, 3.8) is 0 Å². The summed E-state index contributed by atoms with van der Waals surface area (Å²) >= 11 is 0. The molecule has 16 heavy (non-hydrogen) atoms. The number of benzene rings is 1. The summed E-state index contributed by atoms with van der Waals surface area (Å²) in [6.07, 6.45) is 0. The SMILES string of the molecule is Cc1ccc(-c2ccc(C)c(N)c2C#N)o1. The van der Waals surface area contributed by atoms with Gasteiger partial charge in [-0.2, -0.15) is 5.26 Å². The Morgan fingerprint density at radius 1 is 1.19 bits per heavy atom. The van der Waals surface area contributed by atoms with E-state index in [9.17, 15) is 0 Å². The van der Waals surface area contributed by atoms with Crippen LogP contribution in [-0.4, -0.2) is 0 Å². The van der Waals surface area contributed by atoms with E-state index in [0.717, 1.165) is 16.9 Å². The molecule has 0 saturated carbocycles. The molecule has 1 aromatic heterocycles. The first kappa shape index (κ1) is 10.3. The van der Waals surface area contributed by atoms with E-state index in [2.05, 4.69) is 6.07 Å². The van der Waals surface area contributed by atoms with Crippen LogP contribution in [0, 0.1) is 25.2 Å².